The number of hydrogen-bond acceptors (Lipinski definition) is 0. The maximum absolute atomic E-state index is 2.30. The van der Waals surface area contributed by atoms with Crippen LogP contribution in [0.1, 0.15) is 0 Å². The minimum absolute atomic E-state index is 1.31. The van der Waals surface area contributed by atoms with Crippen molar-refractivity contribution in [2.24, 2.45) is 0 Å². The van der Waals surface area contributed by atoms with Gasteiger partial charge in [-0.3, -0.25) is 0 Å². The smallest absolute Gasteiger partial charge is 0.00990 e. The van der Waals surface area contributed by atoms with Gasteiger partial charge in [0, 0.05) is 0 Å². The summed E-state index contributed by atoms with van der Waals surface area (Å²) >= 11 is 0. The first-order chi connectivity index (χ1) is 44.5. The second-order valence-electron chi connectivity index (χ2n) is 23.6. The number of benzene rings is 20. The van der Waals surface area contributed by atoms with E-state index in [1.54, 1.807) is 0 Å². The molecule has 0 bridgehead atoms. The number of rotatable bonds is 0. The molecule has 0 aliphatic heterocycles. The van der Waals surface area contributed by atoms with E-state index in [9.17, 15) is 0 Å². The van der Waals surface area contributed by atoms with Crippen molar-refractivity contribution in [3.05, 3.63) is 364 Å². The maximum atomic E-state index is 2.30. The summed E-state index contributed by atoms with van der Waals surface area (Å²) in [6.45, 7) is 0. The Morgan fingerprint density at radius 3 is 0.400 bits per heavy atom. The zero-order chi connectivity index (χ0) is 59.7. The first-order valence-electron chi connectivity index (χ1n) is 31.1. The molecule has 90 heavy (non-hydrogen) atoms. The normalized spacial score (nSPS) is 11.3. The number of hydrogen-bond donors (Lipinski definition) is 0. The highest BCUT2D eigenvalue weighted by molar-refractivity contribution is 6.15. The van der Waals surface area contributed by atoms with Crippen LogP contribution in [0.3, 0.4) is 0 Å². The van der Waals surface area contributed by atoms with E-state index in [0.29, 0.717) is 0 Å². The number of fused-ring (bicyclic) bond motifs is 18. The molecule has 20 aromatic carbocycles. The van der Waals surface area contributed by atoms with Gasteiger partial charge in [0.15, 0.2) is 0 Å². The average molecular weight is 1140 g/mol. The fourth-order valence-electron chi connectivity index (χ4n) is 13.4. The summed E-state index contributed by atoms with van der Waals surface area (Å²) < 4.78 is 0. The molecule has 0 heterocycles. The Morgan fingerprint density at radius 2 is 0.211 bits per heavy atom. The second-order valence-corrected chi connectivity index (χ2v) is 23.6. The largest absolute Gasteiger partial charge is 0.0616 e. The highest BCUT2D eigenvalue weighted by Gasteiger charge is 2.07. The van der Waals surface area contributed by atoms with Gasteiger partial charge in [-0.05, 0) is 247 Å². The second kappa shape index (κ2) is 23.5. The van der Waals surface area contributed by atoms with Crippen molar-refractivity contribution in [3.8, 4) is 0 Å². The van der Waals surface area contributed by atoms with Crippen LogP contribution in [0.4, 0.5) is 0 Å². The molecule has 0 N–H and O–H groups in total. The molecule has 420 valence electrons. The van der Waals surface area contributed by atoms with Gasteiger partial charge in [-0.1, -0.05) is 279 Å². The van der Waals surface area contributed by atoms with Gasteiger partial charge in [0.2, 0.25) is 0 Å². The van der Waals surface area contributed by atoms with E-state index in [1.807, 2.05) is 0 Å². The molecule has 0 nitrogen and oxygen atoms in total. The zero-order valence-corrected chi connectivity index (χ0v) is 49.6. The third kappa shape index (κ3) is 10.7. The van der Waals surface area contributed by atoms with Gasteiger partial charge in [0.25, 0.3) is 0 Å². The summed E-state index contributed by atoms with van der Waals surface area (Å²) in [5.41, 5.74) is 0. The van der Waals surface area contributed by atoms with E-state index in [0.717, 1.165) is 0 Å². The summed E-state index contributed by atoms with van der Waals surface area (Å²) in [5, 5.41) is 39.4. The quantitative estimate of drug-likeness (QED) is 0.105. The molecular weight excluding hydrogens is 1080 g/mol. The molecule has 0 unspecified atom stereocenters. The van der Waals surface area contributed by atoms with E-state index in [4.69, 9.17) is 0 Å². The lowest BCUT2D eigenvalue weighted by molar-refractivity contribution is 1.77. The highest BCUT2D eigenvalue weighted by atomic mass is 14.1. The van der Waals surface area contributed by atoms with E-state index in [1.165, 1.54) is 162 Å². The van der Waals surface area contributed by atoms with Gasteiger partial charge in [-0.25, -0.2) is 0 Å². The first-order valence-corrected chi connectivity index (χ1v) is 31.1. The van der Waals surface area contributed by atoms with Crippen LogP contribution in [0.15, 0.2) is 364 Å². The zero-order valence-electron chi connectivity index (χ0n) is 49.6. The minimum Gasteiger partial charge on any atom is -0.0616 e. The van der Waals surface area contributed by atoms with Crippen molar-refractivity contribution in [3.63, 3.8) is 0 Å². The summed E-state index contributed by atoms with van der Waals surface area (Å²) in [6.07, 6.45) is 0. The molecule has 20 aromatic rings. The highest BCUT2D eigenvalue weighted by Crippen LogP contribution is 2.34. The minimum atomic E-state index is 1.31. The lowest BCUT2D eigenvalue weighted by Gasteiger charge is -2.06. The van der Waals surface area contributed by atoms with Crippen LogP contribution in [-0.4, -0.2) is 0 Å². The molecule has 0 aromatic heterocycles. The van der Waals surface area contributed by atoms with Crippen LogP contribution < -0.4 is 0 Å². The molecular formula is C90H60. The molecule has 0 radical (unpaired) electrons. The van der Waals surface area contributed by atoms with Crippen LogP contribution in [-0.2, 0) is 0 Å². The summed E-state index contributed by atoms with van der Waals surface area (Å²) in [5.74, 6) is 0. The lowest BCUT2D eigenvalue weighted by atomic mass is 9.98. The van der Waals surface area contributed by atoms with E-state index in [-0.39, 0.29) is 0 Å². The SMILES string of the molecule is c1ccc2cc3c(ccc4ccccc43)cc2c1.c1ccc2cc3c(ccc4ccccc43)cc2c1.c1ccc2cc3c(ccc4ccccc43)cc2c1.c1ccc2cc3cc4ccccc4cc3cc2c1.c1ccc2cc3cc4ccccc4cc3cc2c1. The van der Waals surface area contributed by atoms with Crippen molar-refractivity contribution in [1.82, 2.24) is 0 Å². The molecule has 20 rings (SSSR count). The molecule has 0 heteroatoms. The maximum Gasteiger partial charge on any atom is -0.00990 e. The van der Waals surface area contributed by atoms with E-state index in [2.05, 4.69) is 364 Å². The fourth-order valence-corrected chi connectivity index (χ4v) is 13.4. The third-order valence-electron chi connectivity index (χ3n) is 18.0. The molecule has 0 spiro atoms. The summed E-state index contributed by atoms with van der Waals surface area (Å²) in [6, 6.07) is 131. The molecule has 0 fully saturated rings. The van der Waals surface area contributed by atoms with E-state index >= 15 is 0 Å². The van der Waals surface area contributed by atoms with Gasteiger partial charge in [-0.2, -0.15) is 0 Å². The topological polar surface area (TPSA) is 0 Å². The van der Waals surface area contributed by atoms with Crippen molar-refractivity contribution in [2.75, 3.05) is 0 Å². The Balaban J connectivity index is 0.0000000901. The molecule has 0 aliphatic rings. The van der Waals surface area contributed by atoms with Gasteiger partial charge in [0.05, 0.1) is 0 Å². The van der Waals surface area contributed by atoms with Crippen LogP contribution in [0, 0.1) is 0 Å². The average Bonchev–Trinajstić information content (AvgIpc) is 1.35. The monoisotopic (exact) mass is 1140 g/mol. The van der Waals surface area contributed by atoms with Crippen LogP contribution in [0.5, 0.6) is 0 Å². The third-order valence-corrected chi connectivity index (χ3v) is 18.0. The Labute approximate surface area is 522 Å². The predicted molar refractivity (Wildman–Crippen MR) is 395 cm³/mol. The lowest BCUT2D eigenvalue weighted by Crippen LogP contribution is -1.79. The summed E-state index contributed by atoms with van der Waals surface area (Å²) in [4.78, 5) is 0. The van der Waals surface area contributed by atoms with Crippen molar-refractivity contribution >= 4 is 162 Å². The van der Waals surface area contributed by atoms with Crippen LogP contribution in [0.25, 0.3) is 162 Å². The molecule has 0 atom stereocenters. The van der Waals surface area contributed by atoms with Crippen LogP contribution in [0.2, 0.25) is 0 Å². The van der Waals surface area contributed by atoms with Crippen molar-refractivity contribution < 1.29 is 0 Å². The van der Waals surface area contributed by atoms with Crippen molar-refractivity contribution in [1.29, 1.82) is 0 Å². The van der Waals surface area contributed by atoms with Crippen molar-refractivity contribution in [2.45, 2.75) is 0 Å². The standard InChI is InChI=1S/5C18H12/c3*1-2-7-15-12-18-16(11-14(15)6-1)10-9-13-5-3-4-8-17(13)18;2*1-2-6-14-10-18-12-16-8-4-3-7-15(16)11-17(18)9-13(14)5-1/h5*1-12H. The molecule has 0 aliphatic carbocycles. The van der Waals surface area contributed by atoms with Gasteiger partial charge >= 0.3 is 0 Å². The first kappa shape index (κ1) is 53.7. The Morgan fingerprint density at radius 1 is 0.0778 bits per heavy atom. The Bertz CT molecular complexity index is 5210. The summed E-state index contributed by atoms with van der Waals surface area (Å²) in [7, 11) is 0. The van der Waals surface area contributed by atoms with Gasteiger partial charge in [-0.15, -0.1) is 0 Å². The fraction of sp³-hybridized carbons (Fsp3) is 0. The van der Waals surface area contributed by atoms with Gasteiger partial charge < -0.3 is 0 Å². The predicted octanol–water partition coefficient (Wildman–Crippen LogP) is 25.7. The molecule has 0 saturated heterocycles. The van der Waals surface area contributed by atoms with Gasteiger partial charge in [0.1, 0.15) is 0 Å². The molecule has 0 saturated carbocycles. The van der Waals surface area contributed by atoms with Crippen LogP contribution >= 0.6 is 0 Å². The Hall–Kier alpha value is -11.7. The van der Waals surface area contributed by atoms with E-state index < -0.39 is 0 Å². The Kier molecular flexibility index (Phi) is 14.1. The molecule has 0 amide bonds.